The molecule has 4 rings (SSSR count). The normalized spacial score (nSPS) is 11.7. The van der Waals surface area contributed by atoms with Gasteiger partial charge in [-0.05, 0) is 50.2 Å². The molecule has 0 saturated carbocycles. The third kappa shape index (κ3) is 4.44. The maximum atomic E-state index is 15.6. The summed E-state index contributed by atoms with van der Waals surface area (Å²) >= 11 is 0. The Morgan fingerprint density at radius 2 is 1.82 bits per heavy atom. The van der Waals surface area contributed by atoms with E-state index in [0.717, 1.165) is 12.1 Å². The summed E-state index contributed by atoms with van der Waals surface area (Å²) in [6.45, 7) is 3.76. The zero-order valence-corrected chi connectivity index (χ0v) is 18.8. The molecule has 176 valence electrons. The molecule has 3 N–H and O–H groups in total. The number of rotatable bonds is 6. The molecule has 0 radical (unpaired) electrons. The van der Waals surface area contributed by atoms with Gasteiger partial charge in [0.1, 0.15) is 22.2 Å². The SMILES string of the molecule is CC(C)n1cc(-c2ccnc(N)n2)c(-c2cccc(NS(=O)(=O)c3cc(F)ccc3F)c2F)n1. The van der Waals surface area contributed by atoms with Crippen molar-refractivity contribution in [3.8, 4) is 22.5 Å². The Bertz CT molecular complexity index is 1490. The molecule has 0 fully saturated rings. The van der Waals surface area contributed by atoms with Crippen LogP contribution in [0.15, 0.2) is 59.8 Å². The minimum absolute atomic E-state index is 0.0137. The number of anilines is 2. The van der Waals surface area contributed by atoms with Gasteiger partial charge in [-0.15, -0.1) is 0 Å². The van der Waals surface area contributed by atoms with Gasteiger partial charge >= 0.3 is 0 Å². The minimum atomic E-state index is -4.63. The molecule has 0 saturated heterocycles. The standard InChI is InChI=1S/C22H19F3N6O2S/c1-12(2)31-11-15(17-8-9-27-22(26)28-17)21(29-31)14-4-3-5-18(20(14)25)30-34(32,33)19-10-13(23)6-7-16(19)24/h3-12,30H,1-2H3,(H2,26,27,28). The van der Waals surface area contributed by atoms with Crippen LogP contribution in [-0.4, -0.2) is 28.2 Å². The zero-order chi connectivity index (χ0) is 24.6. The molecular weight excluding hydrogens is 469 g/mol. The molecule has 0 atom stereocenters. The van der Waals surface area contributed by atoms with E-state index in [9.17, 15) is 17.2 Å². The number of nitrogen functional groups attached to an aromatic ring is 1. The van der Waals surface area contributed by atoms with Gasteiger partial charge in [-0.25, -0.2) is 31.6 Å². The average molecular weight is 488 g/mol. The van der Waals surface area contributed by atoms with E-state index in [1.165, 1.54) is 18.3 Å². The third-order valence-electron chi connectivity index (χ3n) is 4.89. The van der Waals surface area contributed by atoms with Crippen LogP contribution >= 0.6 is 0 Å². The number of hydrogen-bond acceptors (Lipinski definition) is 6. The molecular formula is C22H19F3N6O2S. The lowest BCUT2D eigenvalue weighted by Crippen LogP contribution is -2.16. The molecule has 0 aliphatic carbocycles. The predicted octanol–water partition coefficient (Wildman–Crippen LogP) is 4.39. The quantitative estimate of drug-likeness (QED) is 0.416. The van der Waals surface area contributed by atoms with E-state index in [1.807, 2.05) is 18.6 Å². The highest BCUT2D eigenvalue weighted by molar-refractivity contribution is 7.92. The number of halogens is 3. The van der Waals surface area contributed by atoms with Crippen molar-refractivity contribution >= 4 is 21.7 Å². The van der Waals surface area contributed by atoms with Gasteiger partial charge in [-0.2, -0.15) is 5.10 Å². The highest BCUT2D eigenvalue weighted by Crippen LogP contribution is 2.35. The van der Waals surface area contributed by atoms with Crippen molar-refractivity contribution in [2.24, 2.45) is 0 Å². The van der Waals surface area contributed by atoms with Crippen LogP contribution in [0.2, 0.25) is 0 Å². The van der Waals surface area contributed by atoms with E-state index in [0.29, 0.717) is 23.4 Å². The molecule has 0 amide bonds. The largest absolute Gasteiger partial charge is 0.368 e. The van der Waals surface area contributed by atoms with Crippen molar-refractivity contribution in [2.75, 3.05) is 10.5 Å². The highest BCUT2D eigenvalue weighted by atomic mass is 32.2. The van der Waals surface area contributed by atoms with E-state index in [2.05, 4.69) is 15.1 Å². The van der Waals surface area contributed by atoms with Crippen LogP contribution in [0, 0.1) is 17.5 Å². The Hall–Kier alpha value is -3.93. The second kappa shape index (κ2) is 8.78. The van der Waals surface area contributed by atoms with Crippen LogP contribution < -0.4 is 10.5 Å². The second-order valence-electron chi connectivity index (χ2n) is 7.61. The van der Waals surface area contributed by atoms with Crippen molar-refractivity contribution in [3.63, 3.8) is 0 Å². The third-order valence-corrected chi connectivity index (χ3v) is 6.27. The molecule has 12 heteroatoms. The van der Waals surface area contributed by atoms with Crippen LogP contribution in [0.4, 0.5) is 24.8 Å². The Balaban J connectivity index is 1.82. The van der Waals surface area contributed by atoms with Gasteiger partial charge in [0.25, 0.3) is 10.0 Å². The Morgan fingerprint density at radius 3 is 2.53 bits per heavy atom. The van der Waals surface area contributed by atoms with Gasteiger partial charge in [0.05, 0.1) is 11.4 Å². The van der Waals surface area contributed by atoms with Crippen molar-refractivity contribution in [3.05, 3.63) is 72.3 Å². The lowest BCUT2D eigenvalue weighted by molar-refractivity contribution is 0.533. The van der Waals surface area contributed by atoms with Crippen molar-refractivity contribution < 1.29 is 21.6 Å². The fraction of sp³-hybridized carbons (Fsp3) is 0.136. The summed E-state index contributed by atoms with van der Waals surface area (Å²) in [6.07, 6.45) is 3.11. The second-order valence-corrected chi connectivity index (χ2v) is 9.26. The van der Waals surface area contributed by atoms with E-state index in [1.54, 1.807) is 16.9 Å². The molecule has 0 aliphatic rings. The van der Waals surface area contributed by atoms with Gasteiger partial charge in [0.2, 0.25) is 5.95 Å². The minimum Gasteiger partial charge on any atom is -0.368 e. The molecule has 8 nitrogen and oxygen atoms in total. The fourth-order valence-corrected chi connectivity index (χ4v) is 4.39. The summed E-state index contributed by atoms with van der Waals surface area (Å²) in [5.74, 6) is -3.08. The van der Waals surface area contributed by atoms with E-state index in [-0.39, 0.29) is 23.2 Å². The number of benzene rings is 2. The summed E-state index contributed by atoms with van der Waals surface area (Å²) in [7, 11) is -4.63. The van der Waals surface area contributed by atoms with Gasteiger partial charge in [0.15, 0.2) is 5.82 Å². The zero-order valence-electron chi connectivity index (χ0n) is 18.0. The molecule has 2 heterocycles. The van der Waals surface area contributed by atoms with Crippen LogP contribution in [-0.2, 0) is 10.0 Å². The number of nitrogens with zero attached hydrogens (tertiary/aromatic N) is 4. The number of aromatic nitrogens is 4. The van der Waals surface area contributed by atoms with E-state index in [4.69, 9.17) is 5.73 Å². The molecule has 0 aliphatic heterocycles. The van der Waals surface area contributed by atoms with Crippen molar-refractivity contribution in [1.82, 2.24) is 19.7 Å². The molecule has 0 bridgehead atoms. The lowest BCUT2D eigenvalue weighted by atomic mass is 10.0. The molecule has 4 aromatic rings. The van der Waals surface area contributed by atoms with Gasteiger partial charge < -0.3 is 5.73 Å². The first-order valence-corrected chi connectivity index (χ1v) is 11.5. The Kier molecular flexibility index (Phi) is 6.00. The number of nitrogens with two attached hydrogens (primary N) is 1. The maximum Gasteiger partial charge on any atom is 0.265 e. The first-order valence-electron chi connectivity index (χ1n) is 10.0. The molecule has 2 aromatic carbocycles. The molecule has 0 unspecified atom stereocenters. The molecule has 0 spiro atoms. The molecule has 2 aromatic heterocycles. The predicted molar refractivity (Wildman–Crippen MR) is 121 cm³/mol. The topological polar surface area (TPSA) is 116 Å². The summed E-state index contributed by atoms with van der Waals surface area (Å²) in [4.78, 5) is 7.08. The fourth-order valence-electron chi connectivity index (χ4n) is 3.24. The van der Waals surface area contributed by atoms with Gasteiger partial charge in [0, 0.05) is 29.6 Å². The monoisotopic (exact) mass is 488 g/mol. The van der Waals surface area contributed by atoms with Crippen molar-refractivity contribution in [2.45, 2.75) is 24.8 Å². The van der Waals surface area contributed by atoms with E-state index < -0.39 is 38.1 Å². The first kappa shape index (κ1) is 23.2. The van der Waals surface area contributed by atoms with Crippen LogP contribution in [0.5, 0.6) is 0 Å². The van der Waals surface area contributed by atoms with Gasteiger partial charge in [-0.1, -0.05) is 6.07 Å². The number of nitrogens with one attached hydrogen (secondary N) is 1. The summed E-state index contributed by atoms with van der Waals surface area (Å²) < 4.78 is 72.0. The highest BCUT2D eigenvalue weighted by Gasteiger charge is 2.24. The smallest absolute Gasteiger partial charge is 0.265 e. The van der Waals surface area contributed by atoms with E-state index >= 15 is 4.39 Å². The first-order chi connectivity index (χ1) is 16.1. The van der Waals surface area contributed by atoms with Crippen LogP contribution in [0.1, 0.15) is 19.9 Å². The maximum absolute atomic E-state index is 15.6. The van der Waals surface area contributed by atoms with Crippen molar-refractivity contribution in [1.29, 1.82) is 0 Å². The lowest BCUT2D eigenvalue weighted by Gasteiger charge is -2.12. The van der Waals surface area contributed by atoms with Crippen LogP contribution in [0.25, 0.3) is 22.5 Å². The molecule has 34 heavy (non-hydrogen) atoms. The number of sulfonamides is 1. The summed E-state index contributed by atoms with van der Waals surface area (Å²) in [6, 6.07) is 7.46. The van der Waals surface area contributed by atoms with Gasteiger partial charge in [-0.3, -0.25) is 9.40 Å². The Labute approximate surface area is 193 Å². The summed E-state index contributed by atoms with van der Waals surface area (Å²) in [5.41, 5.74) is 6.21. The summed E-state index contributed by atoms with van der Waals surface area (Å²) in [5, 5.41) is 4.46. The number of hydrogen-bond donors (Lipinski definition) is 2. The van der Waals surface area contributed by atoms with Crippen LogP contribution in [0.3, 0.4) is 0 Å². The Morgan fingerprint density at radius 1 is 1.06 bits per heavy atom. The average Bonchev–Trinajstić information content (AvgIpc) is 3.22.